The first-order chi connectivity index (χ1) is 8.72. The lowest BCUT2D eigenvalue weighted by Gasteiger charge is -2.18. The summed E-state index contributed by atoms with van der Waals surface area (Å²) < 4.78 is 0.892. The summed E-state index contributed by atoms with van der Waals surface area (Å²) in [5, 5.41) is 0. The van der Waals surface area contributed by atoms with E-state index in [0.717, 1.165) is 27.9 Å². The Morgan fingerprint density at radius 1 is 1.33 bits per heavy atom. The average Bonchev–Trinajstić information content (AvgIpc) is 2.92. The number of Topliss-reactive ketones (excluding diaryl/α,β-unsaturated/α-hetero) is 1. The van der Waals surface area contributed by atoms with Crippen molar-refractivity contribution in [2.24, 2.45) is 0 Å². The van der Waals surface area contributed by atoms with Gasteiger partial charge in [-0.25, -0.2) is 0 Å². The van der Waals surface area contributed by atoms with Gasteiger partial charge in [-0.2, -0.15) is 0 Å². The number of carbonyl (C=O) groups excluding carboxylic acids is 1. The first kappa shape index (κ1) is 13.6. The number of nitrogens with zero attached hydrogens (tertiary/aromatic N) is 1. The van der Waals surface area contributed by atoms with Gasteiger partial charge in [-0.15, -0.1) is 0 Å². The van der Waals surface area contributed by atoms with E-state index in [0.29, 0.717) is 6.42 Å². The highest BCUT2D eigenvalue weighted by atomic mass is 32.2. The van der Waals surface area contributed by atoms with E-state index in [1.54, 1.807) is 11.8 Å². The number of ketones is 1. The van der Waals surface area contributed by atoms with Gasteiger partial charge in [0.25, 0.3) is 0 Å². The SMILES string of the molecule is CCC(=O)c1ccccc1SC(=S)N1CCCC1. The standard InChI is InChI=1S/C14H17NOS2/c1-2-12(16)11-7-3-4-8-13(11)18-14(17)15-9-5-6-10-15/h3-4,7-8H,2,5-6,9-10H2,1H3. The third-order valence-corrected chi connectivity index (χ3v) is 4.59. The third-order valence-electron chi connectivity index (χ3n) is 3.07. The molecule has 0 radical (unpaired) electrons. The summed E-state index contributed by atoms with van der Waals surface area (Å²) in [4.78, 5) is 15.1. The van der Waals surface area contributed by atoms with Gasteiger partial charge in [-0.1, -0.05) is 49.1 Å². The van der Waals surface area contributed by atoms with Crippen molar-refractivity contribution in [3.8, 4) is 0 Å². The molecule has 1 aliphatic heterocycles. The second-order valence-electron chi connectivity index (χ2n) is 4.34. The molecule has 0 aliphatic carbocycles. The van der Waals surface area contributed by atoms with Crippen molar-refractivity contribution < 1.29 is 4.79 Å². The highest BCUT2D eigenvalue weighted by Crippen LogP contribution is 2.28. The van der Waals surface area contributed by atoms with Crippen LogP contribution in [0, 0.1) is 0 Å². The molecule has 4 heteroatoms. The minimum atomic E-state index is 0.183. The molecule has 2 nitrogen and oxygen atoms in total. The summed E-state index contributed by atoms with van der Waals surface area (Å²) >= 11 is 7.00. The second-order valence-corrected chi connectivity index (χ2v) is 6.01. The zero-order valence-electron chi connectivity index (χ0n) is 10.5. The van der Waals surface area contributed by atoms with Gasteiger partial charge in [0.15, 0.2) is 5.78 Å². The van der Waals surface area contributed by atoms with Crippen LogP contribution in [0.25, 0.3) is 0 Å². The van der Waals surface area contributed by atoms with E-state index >= 15 is 0 Å². The van der Waals surface area contributed by atoms with Crippen molar-refractivity contribution in [3.63, 3.8) is 0 Å². The smallest absolute Gasteiger partial charge is 0.163 e. The largest absolute Gasteiger partial charge is 0.357 e. The molecule has 1 aliphatic rings. The van der Waals surface area contributed by atoms with Crippen molar-refractivity contribution in [2.45, 2.75) is 31.1 Å². The Hall–Kier alpha value is -0.870. The zero-order chi connectivity index (χ0) is 13.0. The molecule has 0 saturated carbocycles. The lowest BCUT2D eigenvalue weighted by molar-refractivity contribution is 0.0985. The quantitative estimate of drug-likeness (QED) is 0.477. The van der Waals surface area contributed by atoms with Crippen LogP contribution in [0.2, 0.25) is 0 Å². The number of hydrogen-bond donors (Lipinski definition) is 0. The summed E-state index contributed by atoms with van der Waals surface area (Å²) in [6, 6.07) is 7.74. The molecule has 1 aromatic rings. The van der Waals surface area contributed by atoms with Gasteiger partial charge in [-0.05, 0) is 18.9 Å². The molecule has 1 fully saturated rings. The number of benzene rings is 1. The number of thiocarbonyl (C=S) groups is 1. The van der Waals surface area contributed by atoms with Gasteiger partial charge in [0, 0.05) is 30.0 Å². The molecule has 0 N–H and O–H groups in total. The van der Waals surface area contributed by atoms with Crippen LogP contribution in [0.4, 0.5) is 0 Å². The van der Waals surface area contributed by atoms with E-state index in [9.17, 15) is 4.79 Å². The first-order valence-corrected chi connectivity index (χ1v) is 7.54. The van der Waals surface area contributed by atoms with Crippen molar-refractivity contribution >= 4 is 34.1 Å². The molecule has 0 atom stereocenters. The molecule has 0 bridgehead atoms. The maximum Gasteiger partial charge on any atom is 0.163 e. The molecule has 1 heterocycles. The fourth-order valence-corrected chi connectivity index (χ4v) is 3.42. The van der Waals surface area contributed by atoms with Crippen LogP contribution in [0.5, 0.6) is 0 Å². The van der Waals surface area contributed by atoms with Gasteiger partial charge in [-0.3, -0.25) is 4.79 Å². The Morgan fingerprint density at radius 3 is 2.67 bits per heavy atom. The van der Waals surface area contributed by atoms with Crippen molar-refractivity contribution in [1.82, 2.24) is 4.90 Å². The fraction of sp³-hybridized carbons (Fsp3) is 0.429. The molecule has 0 unspecified atom stereocenters. The maximum atomic E-state index is 11.9. The minimum absolute atomic E-state index is 0.183. The molecule has 1 aromatic carbocycles. The predicted molar refractivity (Wildman–Crippen MR) is 80.3 cm³/mol. The van der Waals surface area contributed by atoms with Crippen LogP contribution >= 0.6 is 24.0 Å². The van der Waals surface area contributed by atoms with E-state index in [1.807, 2.05) is 31.2 Å². The lowest BCUT2D eigenvalue weighted by Crippen LogP contribution is -2.23. The average molecular weight is 279 g/mol. The molecular weight excluding hydrogens is 262 g/mol. The van der Waals surface area contributed by atoms with Crippen molar-refractivity contribution in [3.05, 3.63) is 29.8 Å². The van der Waals surface area contributed by atoms with Crippen LogP contribution in [0.3, 0.4) is 0 Å². The number of likely N-dealkylation sites (tertiary alicyclic amines) is 1. The lowest BCUT2D eigenvalue weighted by atomic mass is 10.1. The summed E-state index contributed by atoms with van der Waals surface area (Å²) in [5.41, 5.74) is 0.798. The Morgan fingerprint density at radius 2 is 2.00 bits per heavy atom. The zero-order valence-corrected chi connectivity index (χ0v) is 12.1. The number of rotatable bonds is 3. The molecule has 2 rings (SSSR count). The van der Waals surface area contributed by atoms with Gasteiger partial charge in [0.05, 0.1) is 0 Å². The second kappa shape index (κ2) is 6.34. The van der Waals surface area contributed by atoms with Crippen molar-refractivity contribution in [2.75, 3.05) is 13.1 Å². The number of thioether (sulfide) groups is 1. The van der Waals surface area contributed by atoms with Crippen LogP contribution < -0.4 is 0 Å². The Kier molecular flexibility index (Phi) is 4.78. The third kappa shape index (κ3) is 3.12. The molecule has 1 saturated heterocycles. The summed E-state index contributed by atoms with van der Waals surface area (Å²) in [6.07, 6.45) is 2.97. The van der Waals surface area contributed by atoms with Crippen LogP contribution in [-0.4, -0.2) is 28.1 Å². The minimum Gasteiger partial charge on any atom is -0.357 e. The molecule has 0 amide bonds. The highest BCUT2D eigenvalue weighted by Gasteiger charge is 2.18. The highest BCUT2D eigenvalue weighted by molar-refractivity contribution is 8.23. The number of carbonyl (C=O) groups is 1. The van der Waals surface area contributed by atoms with Gasteiger partial charge >= 0.3 is 0 Å². The van der Waals surface area contributed by atoms with Crippen LogP contribution in [0.1, 0.15) is 36.5 Å². The summed E-state index contributed by atoms with van der Waals surface area (Å²) in [5.74, 6) is 0.183. The summed E-state index contributed by atoms with van der Waals surface area (Å²) in [7, 11) is 0. The fourth-order valence-electron chi connectivity index (χ4n) is 2.03. The predicted octanol–water partition coefficient (Wildman–Crippen LogP) is 3.75. The topological polar surface area (TPSA) is 20.3 Å². The Balaban J connectivity index is 2.13. The van der Waals surface area contributed by atoms with E-state index in [-0.39, 0.29) is 5.78 Å². The summed E-state index contributed by atoms with van der Waals surface area (Å²) in [6.45, 7) is 3.99. The van der Waals surface area contributed by atoms with Gasteiger partial charge in [0.2, 0.25) is 0 Å². The van der Waals surface area contributed by atoms with Gasteiger partial charge in [0.1, 0.15) is 4.32 Å². The Bertz CT molecular complexity index is 453. The van der Waals surface area contributed by atoms with E-state index in [4.69, 9.17) is 12.2 Å². The van der Waals surface area contributed by atoms with E-state index in [1.165, 1.54) is 12.8 Å². The monoisotopic (exact) mass is 279 g/mol. The van der Waals surface area contributed by atoms with Crippen molar-refractivity contribution in [1.29, 1.82) is 0 Å². The maximum absolute atomic E-state index is 11.9. The van der Waals surface area contributed by atoms with Crippen LogP contribution in [0.15, 0.2) is 29.2 Å². The van der Waals surface area contributed by atoms with E-state index in [2.05, 4.69) is 4.90 Å². The molecular formula is C14H17NOS2. The van der Waals surface area contributed by atoms with E-state index < -0.39 is 0 Å². The molecule has 0 aromatic heterocycles. The molecule has 0 spiro atoms. The first-order valence-electron chi connectivity index (χ1n) is 6.31. The molecule has 96 valence electrons. The number of hydrogen-bond acceptors (Lipinski definition) is 3. The Labute approximate surface area is 118 Å². The normalized spacial score (nSPS) is 14.8. The molecule has 18 heavy (non-hydrogen) atoms. The van der Waals surface area contributed by atoms with Gasteiger partial charge < -0.3 is 4.90 Å². The van der Waals surface area contributed by atoms with Crippen LogP contribution in [-0.2, 0) is 0 Å².